The molecule has 3 rings (SSSR count). The summed E-state index contributed by atoms with van der Waals surface area (Å²) in [5.41, 5.74) is 0.219. The number of carbonyl (C=O) groups excluding carboxylic acids is 1. The van der Waals surface area contributed by atoms with Crippen LogP contribution in [0.3, 0.4) is 0 Å². The summed E-state index contributed by atoms with van der Waals surface area (Å²) < 4.78 is 0. The summed E-state index contributed by atoms with van der Waals surface area (Å²) in [6.07, 6.45) is 20.8. The molecule has 3 heteroatoms. The summed E-state index contributed by atoms with van der Waals surface area (Å²) in [6.45, 7) is 4.37. The molecule has 0 bridgehead atoms. The van der Waals surface area contributed by atoms with Gasteiger partial charge < -0.3 is 10.6 Å². The topological polar surface area (TPSA) is 41.1 Å². The van der Waals surface area contributed by atoms with Crippen molar-refractivity contribution in [3.05, 3.63) is 0 Å². The molecule has 0 radical (unpaired) electrons. The van der Waals surface area contributed by atoms with Crippen LogP contribution >= 0.6 is 0 Å². The van der Waals surface area contributed by atoms with E-state index in [1.165, 1.54) is 96.3 Å². The lowest BCUT2D eigenvalue weighted by atomic mass is 9.64. The third-order valence-corrected chi connectivity index (χ3v) is 7.82. The minimum atomic E-state index is 0.219. The summed E-state index contributed by atoms with van der Waals surface area (Å²) in [5, 5.41) is 7.21. The monoisotopic (exact) mass is 376 g/mol. The molecule has 1 amide bonds. The molecule has 2 saturated carbocycles. The van der Waals surface area contributed by atoms with Gasteiger partial charge in [-0.2, -0.15) is 0 Å². The molecule has 27 heavy (non-hydrogen) atoms. The standard InChI is InChI=1S/C24H44N2O/c1-2-11-20-12-10-13-21(18-20)26-23(27)22-14-17-25-19-24(22)15-8-6-4-3-5-7-9-16-24/h20-22,25H,2-19H2,1H3,(H,26,27). The lowest BCUT2D eigenvalue weighted by Crippen LogP contribution is -2.54. The minimum absolute atomic E-state index is 0.219. The second-order valence-corrected chi connectivity index (χ2v) is 9.88. The minimum Gasteiger partial charge on any atom is -0.353 e. The van der Waals surface area contributed by atoms with E-state index in [0.717, 1.165) is 25.4 Å². The third-order valence-electron chi connectivity index (χ3n) is 7.82. The highest BCUT2D eigenvalue weighted by atomic mass is 16.2. The average Bonchev–Trinajstić information content (AvgIpc) is 2.68. The molecule has 3 fully saturated rings. The highest BCUT2D eigenvalue weighted by Crippen LogP contribution is 2.43. The average molecular weight is 377 g/mol. The molecule has 3 aliphatic rings. The first-order valence-electron chi connectivity index (χ1n) is 12.2. The maximum atomic E-state index is 13.4. The van der Waals surface area contributed by atoms with Crippen molar-refractivity contribution in [3.8, 4) is 0 Å². The third kappa shape index (κ3) is 5.95. The summed E-state index contributed by atoms with van der Waals surface area (Å²) in [4.78, 5) is 13.4. The summed E-state index contributed by atoms with van der Waals surface area (Å²) in [7, 11) is 0. The van der Waals surface area contributed by atoms with Crippen molar-refractivity contribution in [2.75, 3.05) is 13.1 Å². The van der Waals surface area contributed by atoms with Gasteiger partial charge >= 0.3 is 0 Å². The Bertz CT molecular complexity index is 438. The Morgan fingerprint density at radius 1 is 0.963 bits per heavy atom. The molecular formula is C24H44N2O. The first-order valence-corrected chi connectivity index (χ1v) is 12.2. The Morgan fingerprint density at radius 3 is 2.37 bits per heavy atom. The van der Waals surface area contributed by atoms with E-state index in [0.29, 0.717) is 11.9 Å². The molecule has 1 aliphatic heterocycles. The van der Waals surface area contributed by atoms with Gasteiger partial charge in [0.05, 0.1) is 0 Å². The first kappa shape index (κ1) is 21.1. The molecule has 0 aromatic carbocycles. The van der Waals surface area contributed by atoms with Crippen LogP contribution in [-0.2, 0) is 4.79 Å². The summed E-state index contributed by atoms with van der Waals surface area (Å²) in [6, 6.07) is 0.439. The van der Waals surface area contributed by atoms with E-state index in [1.54, 1.807) is 0 Å². The van der Waals surface area contributed by atoms with Crippen molar-refractivity contribution in [2.24, 2.45) is 17.3 Å². The van der Waals surface area contributed by atoms with Crippen LogP contribution in [0.4, 0.5) is 0 Å². The molecule has 2 N–H and O–H groups in total. The van der Waals surface area contributed by atoms with Crippen LogP contribution in [0.25, 0.3) is 0 Å². The number of carbonyl (C=O) groups is 1. The highest BCUT2D eigenvalue weighted by molar-refractivity contribution is 5.80. The van der Waals surface area contributed by atoms with Gasteiger partial charge in [-0.25, -0.2) is 0 Å². The van der Waals surface area contributed by atoms with Gasteiger partial charge in [0.1, 0.15) is 0 Å². The number of piperidine rings is 1. The van der Waals surface area contributed by atoms with Crippen LogP contribution < -0.4 is 10.6 Å². The van der Waals surface area contributed by atoms with Gasteiger partial charge in [0.2, 0.25) is 5.91 Å². The van der Waals surface area contributed by atoms with E-state index in [9.17, 15) is 4.79 Å². The van der Waals surface area contributed by atoms with Crippen LogP contribution in [0.2, 0.25) is 0 Å². The van der Waals surface area contributed by atoms with Gasteiger partial charge in [-0.3, -0.25) is 4.79 Å². The van der Waals surface area contributed by atoms with Crippen molar-refractivity contribution in [3.63, 3.8) is 0 Å². The second kappa shape index (κ2) is 10.8. The molecule has 0 aromatic rings. The Labute approximate surface area is 167 Å². The molecule has 0 aromatic heterocycles. The molecule has 1 saturated heterocycles. The van der Waals surface area contributed by atoms with Crippen LogP contribution in [0.5, 0.6) is 0 Å². The predicted molar refractivity (Wildman–Crippen MR) is 114 cm³/mol. The van der Waals surface area contributed by atoms with Gasteiger partial charge in [-0.05, 0) is 50.0 Å². The molecule has 156 valence electrons. The van der Waals surface area contributed by atoms with E-state index in [-0.39, 0.29) is 11.3 Å². The number of hydrogen-bond acceptors (Lipinski definition) is 2. The van der Waals surface area contributed by atoms with Crippen molar-refractivity contribution < 1.29 is 4.79 Å². The largest absolute Gasteiger partial charge is 0.353 e. The van der Waals surface area contributed by atoms with Crippen molar-refractivity contribution in [1.82, 2.24) is 10.6 Å². The molecule has 3 atom stereocenters. The van der Waals surface area contributed by atoms with Gasteiger partial charge in [0.25, 0.3) is 0 Å². The number of amides is 1. The SMILES string of the molecule is CCCC1CCCC(NC(=O)C2CCNCC23CCCCCCCCC3)C1. The molecule has 1 heterocycles. The van der Waals surface area contributed by atoms with Gasteiger partial charge in [-0.15, -0.1) is 0 Å². The van der Waals surface area contributed by atoms with E-state index < -0.39 is 0 Å². The Balaban J connectivity index is 1.63. The van der Waals surface area contributed by atoms with Gasteiger partial charge in [0, 0.05) is 18.5 Å². The first-order chi connectivity index (χ1) is 13.2. The highest BCUT2D eigenvalue weighted by Gasteiger charge is 2.44. The van der Waals surface area contributed by atoms with Crippen LogP contribution in [0.15, 0.2) is 0 Å². The zero-order valence-electron chi connectivity index (χ0n) is 17.9. The van der Waals surface area contributed by atoms with Crippen molar-refractivity contribution in [2.45, 2.75) is 116 Å². The fraction of sp³-hybridized carbons (Fsp3) is 0.958. The maximum Gasteiger partial charge on any atom is 0.223 e. The van der Waals surface area contributed by atoms with Gasteiger partial charge in [0.15, 0.2) is 0 Å². The number of nitrogens with one attached hydrogen (secondary N) is 2. The zero-order chi connectivity index (χ0) is 19.0. The zero-order valence-corrected chi connectivity index (χ0v) is 17.9. The fourth-order valence-corrected chi connectivity index (χ4v) is 6.30. The molecule has 1 spiro atoms. The second-order valence-electron chi connectivity index (χ2n) is 9.88. The number of hydrogen-bond donors (Lipinski definition) is 2. The van der Waals surface area contributed by atoms with E-state index in [2.05, 4.69) is 17.6 Å². The van der Waals surface area contributed by atoms with Crippen molar-refractivity contribution >= 4 is 5.91 Å². The summed E-state index contributed by atoms with van der Waals surface area (Å²) in [5.74, 6) is 1.48. The normalized spacial score (nSPS) is 32.7. The Morgan fingerprint density at radius 2 is 1.67 bits per heavy atom. The van der Waals surface area contributed by atoms with Crippen LogP contribution in [-0.4, -0.2) is 25.0 Å². The molecular weight excluding hydrogens is 332 g/mol. The van der Waals surface area contributed by atoms with Crippen LogP contribution in [0.1, 0.15) is 110 Å². The number of rotatable bonds is 4. The van der Waals surface area contributed by atoms with Crippen LogP contribution in [0, 0.1) is 17.3 Å². The van der Waals surface area contributed by atoms with E-state index in [1.807, 2.05) is 0 Å². The van der Waals surface area contributed by atoms with E-state index >= 15 is 0 Å². The Kier molecular flexibility index (Phi) is 8.48. The van der Waals surface area contributed by atoms with E-state index in [4.69, 9.17) is 0 Å². The smallest absolute Gasteiger partial charge is 0.223 e. The van der Waals surface area contributed by atoms with Crippen molar-refractivity contribution in [1.29, 1.82) is 0 Å². The lowest BCUT2D eigenvalue weighted by Gasteiger charge is -2.45. The lowest BCUT2D eigenvalue weighted by molar-refractivity contribution is -0.132. The fourth-order valence-electron chi connectivity index (χ4n) is 6.30. The maximum absolute atomic E-state index is 13.4. The molecule has 3 unspecified atom stereocenters. The molecule has 2 aliphatic carbocycles. The predicted octanol–water partition coefficient (Wildman–Crippen LogP) is 5.58. The Hall–Kier alpha value is -0.570. The molecule has 3 nitrogen and oxygen atoms in total. The van der Waals surface area contributed by atoms with Gasteiger partial charge in [-0.1, -0.05) is 77.6 Å². The quantitative estimate of drug-likeness (QED) is 0.672. The summed E-state index contributed by atoms with van der Waals surface area (Å²) >= 11 is 0.